The number of ether oxygens (including phenoxy) is 1. The summed E-state index contributed by atoms with van der Waals surface area (Å²) in [4.78, 5) is 23.7. The maximum atomic E-state index is 12.7. The zero-order chi connectivity index (χ0) is 19.4. The van der Waals surface area contributed by atoms with Gasteiger partial charge in [-0.15, -0.1) is 5.10 Å². The van der Waals surface area contributed by atoms with E-state index < -0.39 is 23.8 Å². The molecule has 0 saturated carbocycles. The van der Waals surface area contributed by atoms with Crippen LogP contribution in [0.2, 0.25) is 0 Å². The van der Waals surface area contributed by atoms with Crippen LogP contribution in [0.5, 0.6) is 0 Å². The molecule has 0 radical (unpaired) electrons. The molecule has 1 amide bonds. The highest BCUT2D eigenvalue weighted by Crippen LogP contribution is 2.30. The minimum absolute atomic E-state index is 0.171. The fourth-order valence-electron chi connectivity index (χ4n) is 2.12. The van der Waals surface area contributed by atoms with Gasteiger partial charge in [-0.3, -0.25) is 5.32 Å². The molecule has 2 aromatic carbocycles. The number of carbonyl (C=O) groups excluding carboxylic acids is 2. The Labute approximate surface area is 150 Å². The first-order valence-corrected chi connectivity index (χ1v) is 7.51. The highest BCUT2D eigenvalue weighted by molar-refractivity contribution is 5.99. The minimum atomic E-state index is -4.56. The van der Waals surface area contributed by atoms with E-state index in [1.165, 1.54) is 16.9 Å². The molecule has 3 aromatic rings. The zero-order valence-electron chi connectivity index (χ0n) is 13.5. The van der Waals surface area contributed by atoms with Gasteiger partial charge in [0.25, 0.3) is 0 Å². The molecule has 0 bridgehead atoms. The zero-order valence-corrected chi connectivity index (χ0v) is 13.5. The smallest absolute Gasteiger partial charge is 0.371 e. The van der Waals surface area contributed by atoms with Gasteiger partial charge in [0.1, 0.15) is 0 Å². The Hall–Kier alpha value is -3.69. The number of para-hydroxylation sites is 1. The predicted molar refractivity (Wildman–Crippen MR) is 87.2 cm³/mol. The number of carbonyl (C=O) groups is 2. The number of hydrogen-bond donors (Lipinski definition) is 1. The second-order valence-electron chi connectivity index (χ2n) is 5.26. The number of hydrogen-bond acceptors (Lipinski definition) is 5. The molecule has 27 heavy (non-hydrogen) atoms. The van der Waals surface area contributed by atoms with Crippen molar-refractivity contribution in [2.24, 2.45) is 0 Å². The molecule has 7 nitrogen and oxygen atoms in total. The molecular formula is C17H11F3N4O3. The van der Waals surface area contributed by atoms with Crippen LogP contribution in [0.1, 0.15) is 16.1 Å². The summed E-state index contributed by atoms with van der Waals surface area (Å²) in [5.41, 5.74) is -0.719. The maximum Gasteiger partial charge on any atom is 0.419 e. The first-order valence-electron chi connectivity index (χ1n) is 7.51. The summed E-state index contributed by atoms with van der Waals surface area (Å²) in [6.07, 6.45) is -4.55. The van der Waals surface area contributed by atoms with Crippen LogP contribution in [0.4, 0.5) is 23.7 Å². The topological polar surface area (TPSA) is 86.1 Å². The molecule has 0 fully saturated rings. The van der Waals surface area contributed by atoms with Gasteiger partial charge in [-0.05, 0) is 30.3 Å². The van der Waals surface area contributed by atoms with E-state index in [4.69, 9.17) is 0 Å². The number of nitrogens with zero attached hydrogens (tertiary/aromatic N) is 3. The van der Waals surface area contributed by atoms with E-state index in [1.54, 1.807) is 30.3 Å². The molecule has 0 saturated heterocycles. The summed E-state index contributed by atoms with van der Waals surface area (Å²) in [5.74, 6) is -1.10. The first-order chi connectivity index (χ1) is 12.8. The van der Waals surface area contributed by atoms with E-state index in [2.05, 4.69) is 20.4 Å². The highest BCUT2D eigenvalue weighted by Gasteiger charge is 2.30. The quantitative estimate of drug-likeness (QED) is 0.557. The first kappa shape index (κ1) is 18.1. The molecule has 3 rings (SSSR count). The van der Waals surface area contributed by atoms with Crippen LogP contribution in [-0.2, 0) is 10.9 Å². The number of nitrogens with one attached hydrogen (secondary N) is 1. The summed E-state index contributed by atoms with van der Waals surface area (Å²) in [7, 11) is 0. The van der Waals surface area contributed by atoms with Crippen LogP contribution in [0, 0.1) is 0 Å². The number of halogens is 3. The van der Waals surface area contributed by atoms with Gasteiger partial charge in [0.2, 0.25) is 0 Å². The fraction of sp³-hybridized carbons (Fsp3) is 0.0588. The lowest BCUT2D eigenvalue weighted by Gasteiger charge is -2.09. The largest absolute Gasteiger partial charge is 0.419 e. The predicted octanol–water partition coefficient (Wildman–Crippen LogP) is 3.68. The van der Waals surface area contributed by atoms with Gasteiger partial charge < -0.3 is 4.74 Å². The molecule has 138 valence electrons. The van der Waals surface area contributed by atoms with E-state index in [1.807, 2.05) is 0 Å². The highest BCUT2D eigenvalue weighted by atomic mass is 19.4. The van der Waals surface area contributed by atoms with Gasteiger partial charge in [-0.25, -0.2) is 14.3 Å². The van der Waals surface area contributed by atoms with Crippen molar-refractivity contribution in [1.82, 2.24) is 15.0 Å². The Balaban J connectivity index is 1.65. The van der Waals surface area contributed by atoms with Crippen LogP contribution in [-0.4, -0.2) is 27.1 Å². The number of esters is 1. The summed E-state index contributed by atoms with van der Waals surface area (Å²) in [6, 6.07) is 12.7. The SMILES string of the molecule is O=C(Nc1cccc(C(F)(F)F)c1)OC(=O)c1cn(-c2ccccc2)nn1. The van der Waals surface area contributed by atoms with Crippen LogP contribution in [0.25, 0.3) is 5.69 Å². The van der Waals surface area contributed by atoms with Gasteiger partial charge in [-0.2, -0.15) is 13.2 Å². The van der Waals surface area contributed by atoms with Crippen molar-refractivity contribution in [1.29, 1.82) is 0 Å². The standard InChI is InChI=1S/C17H11F3N4O3/c18-17(19,20)11-5-4-6-12(9-11)21-16(26)27-15(25)14-10-24(23-22-14)13-7-2-1-3-8-13/h1-10H,(H,21,26). The van der Waals surface area contributed by atoms with E-state index in [0.29, 0.717) is 5.69 Å². The average Bonchev–Trinajstić information content (AvgIpc) is 3.12. The minimum Gasteiger partial charge on any atom is -0.371 e. The molecule has 1 aromatic heterocycles. The Morgan fingerprint density at radius 2 is 1.78 bits per heavy atom. The van der Waals surface area contributed by atoms with Crippen LogP contribution in [0.3, 0.4) is 0 Å². The maximum absolute atomic E-state index is 12.7. The van der Waals surface area contributed by atoms with Gasteiger partial charge in [0.15, 0.2) is 5.69 Å². The third kappa shape index (κ3) is 4.48. The molecule has 0 unspecified atom stereocenters. The third-order valence-electron chi connectivity index (χ3n) is 3.34. The molecule has 0 aliphatic rings. The van der Waals surface area contributed by atoms with Crippen molar-refractivity contribution < 1.29 is 27.5 Å². The average molecular weight is 376 g/mol. The van der Waals surface area contributed by atoms with Crippen molar-refractivity contribution in [2.45, 2.75) is 6.18 Å². The lowest BCUT2D eigenvalue weighted by molar-refractivity contribution is -0.137. The molecule has 1 N–H and O–H groups in total. The Morgan fingerprint density at radius 3 is 2.48 bits per heavy atom. The molecular weight excluding hydrogens is 365 g/mol. The van der Waals surface area contributed by atoms with Crippen LogP contribution >= 0.6 is 0 Å². The van der Waals surface area contributed by atoms with E-state index in [-0.39, 0.29) is 11.4 Å². The van der Waals surface area contributed by atoms with Crippen molar-refractivity contribution in [2.75, 3.05) is 5.32 Å². The molecule has 0 spiro atoms. The normalized spacial score (nSPS) is 11.1. The monoisotopic (exact) mass is 376 g/mol. The molecule has 0 aliphatic carbocycles. The lowest BCUT2D eigenvalue weighted by Crippen LogP contribution is -2.19. The number of alkyl halides is 3. The Morgan fingerprint density at radius 1 is 1.04 bits per heavy atom. The van der Waals surface area contributed by atoms with Gasteiger partial charge in [-0.1, -0.05) is 29.5 Å². The van der Waals surface area contributed by atoms with E-state index in [0.717, 1.165) is 18.2 Å². The van der Waals surface area contributed by atoms with Crippen molar-refractivity contribution in [3.63, 3.8) is 0 Å². The second-order valence-corrected chi connectivity index (χ2v) is 5.26. The molecule has 10 heteroatoms. The summed E-state index contributed by atoms with van der Waals surface area (Å²) in [5, 5.41) is 9.41. The molecule has 1 heterocycles. The van der Waals surface area contributed by atoms with Crippen molar-refractivity contribution in [3.05, 3.63) is 72.1 Å². The summed E-state index contributed by atoms with van der Waals surface area (Å²) >= 11 is 0. The van der Waals surface area contributed by atoms with Crippen molar-refractivity contribution >= 4 is 17.7 Å². The number of rotatable bonds is 3. The second kappa shape index (κ2) is 7.28. The fourth-order valence-corrected chi connectivity index (χ4v) is 2.12. The summed E-state index contributed by atoms with van der Waals surface area (Å²) in [6.45, 7) is 0. The van der Waals surface area contributed by atoms with E-state index in [9.17, 15) is 22.8 Å². The lowest BCUT2D eigenvalue weighted by atomic mass is 10.2. The number of anilines is 1. The number of aromatic nitrogens is 3. The van der Waals surface area contributed by atoms with Gasteiger partial charge >= 0.3 is 18.2 Å². The third-order valence-corrected chi connectivity index (χ3v) is 3.34. The number of benzene rings is 2. The van der Waals surface area contributed by atoms with E-state index >= 15 is 0 Å². The Kier molecular flexibility index (Phi) is 4.88. The Bertz CT molecular complexity index is 971. The van der Waals surface area contributed by atoms with Crippen LogP contribution in [0.15, 0.2) is 60.8 Å². The molecule has 0 aliphatic heterocycles. The number of amides is 1. The van der Waals surface area contributed by atoms with Crippen LogP contribution < -0.4 is 5.32 Å². The van der Waals surface area contributed by atoms with Gasteiger partial charge in [0.05, 0.1) is 17.4 Å². The van der Waals surface area contributed by atoms with Crippen molar-refractivity contribution in [3.8, 4) is 5.69 Å². The summed E-state index contributed by atoms with van der Waals surface area (Å²) < 4.78 is 43.8. The van der Waals surface area contributed by atoms with Gasteiger partial charge in [0, 0.05) is 5.69 Å². The molecule has 0 atom stereocenters.